The molecule has 0 radical (unpaired) electrons. The van der Waals surface area contributed by atoms with Crippen molar-refractivity contribution in [2.45, 2.75) is 0 Å². The van der Waals surface area contributed by atoms with Gasteiger partial charge in [0.15, 0.2) is 5.75 Å². The van der Waals surface area contributed by atoms with Gasteiger partial charge in [-0.05, 0) is 12.1 Å². The summed E-state index contributed by atoms with van der Waals surface area (Å²) in [6.07, 6.45) is 1.65. The van der Waals surface area contributed by atoms with Crippen LogP contribution < -0.4 is 16.1 Å². The zero-order valence-corrected chi connectivity index (χ0v) is 6.78. The van der Waals surface area contributed by atoms with E-state index in [0.29, 0.717) is 5.75 Å². The van der Waals surface area contributed by atoms with E-state index in [9.17, 15) is 4.79 Å². The SMILES string of the molecule is NC(=O)C1=Cc2ccccc2ON1. The highest BCUT2D eigenvalue weighted by molar-refractivity contribution is 5.96. The number of hydrogen-bond donors (Lipinski definition) is 2. The molecule has 66 valence electrons. The number of rotatable bonds is 1. The second kappa shape index (κ2) is 2.82. The lowest BCUT2D eigenvalue weighted by molar-refractivity contribution is -0.115. The first-order chi connectivity index (χ1) is 6.27. The van der Waals surface area contributed by atoms with Gasteiger partial charge in [-0.1, -0.05) is 18.2 Å². The fraction of sp³-hybridized carbons (Fsp3) is 0. The summed E-state index contributed by atoms with van der Waals surface area (Å²) in [7, 11) is 0. The van der Waals surface area contributed by atoms with E-state index in [0.717, 1.165) is 5.56 Å². The summed E-state index contributed by atoms with van der Waals surface area (Å²) < 4.78 is 0. The lowest BCUT2D eigenvalue weighted by Gasteiger charge is -2.16. The maximum atomic E-state index is 10.8. The number of nitrogens with one attached hydrogen (secondary N) is 1. The molecule has 2 rings (SSSR count). The van der Waals surface area contributed by atoms with Crippen molar-refractivity contribution in [1.82, 2.24) is 5.48 Å². The second-order valence-electron chi connectivity index (χ2n) is 2.66. The van der Waals surface area contributed by atoms with Crippen LogP contribution in [0, 0.1) is 0 Å². The molecule has 1 aliphatic rings. The molecule has 0 saturated heterocycles. The molecule has 1 heterocycles. The van der Waals surface area contributed by atoms with E-state index in [2.05, 4.69) is 5.48 Å². The first-order valence-corrected chi connectivity index (χ1v) is 3.81. The van der Waals surface area contributed by atoms with Gasteiger partial charge in [0.25, 0.3) is 5.91 Å². The number of carbonyl (C=O) groups excluding carboxylic acids is 1. The van der Waals surface area contributed by atoms with Crippen molar-refractivity contribution in [2.24, 2.45) is 5.73 Å². The smallest absolute Gasteiger partial charge is 0.268 e. The molecule has 3 N–H and O–H groups in total. The standard InChI is InChI=1S/C9H8N2O2/c10-9(12)7-5-6-3-1-2-4-8(6)13-11-7/h1-5,11H,(H2,10,12). The minimum atomic E-state index is -0.533. The minimum Gasteiger partial charge on any atom is -0.381 e. The van der Waals surface area contributed by atoms with Crippen LogP contribution in [0.1, 0.15) is 5.56 Å². The monoisotopic (exact) mass is 176 g/mol. The van der Waals surface area contributed by atoms with Crippen LogP contribution in [-0.4, -0.2) is 5.91 Å². The topological polar surface area (TPSA) is 64.4 Å². The second-order valence-corrected chi connectivity index (χ2v) is 2.66. The third-order valence-corrected chi connectivity index (χ3v) is 1.76. The number of para-hydroxylation sites is 1. The van der Waals surface area contributed by atoms with Gasteiger partial charge < -0.3 is 10.6 Å². The van der Waals surface area contributed by atoms with Crippen LogP contribution in [0.4, 0.5) is 0 Å². The molecular formula is C9H8N2O2. The van der Waals surface area contributed by atoms with Crippen LogP contribution in [0.2, 0.25) is 0 Å². The third-order valence-electron chi connectivity index (χ3n) is 1.76. The summed E-state index contributed by atoms with van der Waals surface area (Å²) in [5.74, 6) is 0.155. The van der Waals surface area contributed by atoms with Crippen molar-refractivity contribution in [3.05, 3.63) is 35.5 Å². The highest BCUT2D eigenvalue weighted by Crippen LogP contribution is 2.22. The Morgan fingerprint density at radius 2 is 2.15 bits per heavy atom. The number of benzene rings is 1. The quantitative estimate of drug-likeness (QED) is 0.651. The lowest BCUT2D eigenvalue weighted by atomic mass is 10.1. The summed E-state index contributed by atoms with van der Waals surface area (Å²) in [5.41, 5.74) is 8.64. The van der Waals surface area contributed by atoms with Crippen LogP contribution in [-0.2, 0) is 4.79 Å². The van der Waals surface area contributed by atoms with Gasteiger partial charge in [0.05, 0.1) is 0 Å². The molecular weight excluding hydrogens is 168 g/mol. The Labute approximate surface area is 74.9 Å². The van der Waals surface area contributed by atoms with Crippen LogP contribution in [0.5, 0.6) is 5.75 Å². The van der Waals surface area contributed by atoms with Gasteiger partial charge in [-0.15, -0.1) is 0 Å². The van der Waals surface area contributed by atoms with Gasteiger partial charge in [0.1, 0.15) is 5.70 Å². The van der Waals surface area contributed by atoms with Crippen molar-refractivity contribution >= 4 is 12.0 Å². The predicted molar refractivity (Wildman–Crippen MR) is 47.4 cm³/mol. The number of fused-ring (bicyclic) bond motifs is 1. The first-order valence-electron chi connectivity index (χ1n) is 3.81. The zero-order valence-electron chi connectivity index (χ0n) is 6.78. The Morgan fingerprint density at radius 1 is 1.38 bits per heavy atom. The van der Waals surface area contributed by atoms with Gasteiger partial charge in [-0.2, -0.15) is 0 Å². The van der Waals surface area contributed by atoms with Crippen LogP contribution >= 0.6 is 0 Å². The molecule has 1 aromatic rings. The first kappa shape index (κ1) is 7.67. The molecule has 1 aromatic carbocycles. The Bertz CT molecular complexity index is 385. The summed E-state index contributed by atoms with van der Waals surface area (Å²) in [5, 5.41) is 0. The zero-order chi connectivity index (χ0) is 9.26. The number of carbonyl (C=O) groups is 1. The fourth-order valence-electron chi connectivity index (χ4n) is 1.11. The van der Waals surface area contributed by atoms with Crippen molar-refractivity contribution in [2.75, 3.05) is 0 Å². The molecule has 0 fully saturated rings. The number of hydrogen-bond acceptors (Lipinski definition) is 3. The summed E-state index contributed by atoms with van der Waals surface area (Å²) in [4.78, 5) is 15.9. The van der Waals surface area contributed by atoms with E-state index in [1.165, 1.54) is 0 Å². The van der Waals surface area contributed by atoms with Crippen molar-refractivity contribution < 1.29 is 9.63 Å². The number of nitrogens with two attached hydrogens (primary N) is 1. The molecule has 13 heavy (non-hydrogen) atoms. The lowest BCUT2D eigenvalue weighted by Crippen LogP contribution is -2.30. The molecule has 0 bridgehead atoms. The molecule has 0 spiro atoms. The largest absolute Gasteiger partial charge is 0.381 e. The van der Waals surface area contributed by atoms with Gasteiger partial charge >= 0.3 is 0 Å². The molecule has 0 aromatic heterocycles. The Morgan fingerprint density at radius 3 is 2.92 bits per heavy atom. The molecule has 0 aliphatic carbocycles. The summed E-state index contributed by atoms with van der Waals surface area (Å²) in [6.45, 7) is 0. The van der Waals surface area contributed by atoms with Crippen LogP contribution in [0.15, 0.2) is 30.0 Å². The summed E-state index contributed by atoms with van der Waals surface area (Å²) in [6, 6.07) is 7.36. The van der Waals surface area contributed by atoms with Gasteiger partial charge in [0.2, 0.25) is 0 Å². The maximum absolute atomic E-state index is 10.8. The molecule has 1 aliphatic heterocycles. The molecule has 4 heteroatoms. The number of hydroxylamine groups is 1. The molecule has 0 saturated carbocycles. The van der Waals surface area contributed by atoms with E-state index < -0.39 is 5.91 Å². The van der Waals surface area contributed by atoms with Gasteiger partial charge in [0, 0.05) is 5.56 Å². The van der Waals surface area contributed by atoms with Gasteiger partial charge in [-0.3, -0.25) is 4.79 Å². The van der Waals surface area contributed by atoms with E-state index in [1.54, 1.807) is 12.1 Å². The normalized spacial score (nSPS) is 13.4. The molecule has 0 atom stereocenters. The Hall–Kier alpha value is -1.97. The average molecular weight is 176 g/mol. The molecule has 0 unspecified atom stereocenters. The van der Waals surface area contributed by atoms with Crippen molar-refractivity contribution in [1.29, 1.82) is 0 Å². The highest BCUT2D eigenvalue weighted by atomic mass is 16.6. The van der Waals surface area contributed by atoms with E-state index in [4.69, 9.17) is 10.6 Å². The van der Waals surface area contributed by atoms with Crippen molar-refractivity contribution in [3.8, 4) is 5.75 Å². The predicted octanol–water partition coefficient (Wildman–Crippen LogP) is 0.410. The highest BCUT2D eigenvalue weighted by Gasteiger charge is 2.13. The van der Waals surface area contributed by atoms with E-state index >= 15 is 0 Å². The number of amides is 1. The Kier molecular flexibility index (Phi) is 1.66. The van der Waals surface area contributed by atoms with Gasteiger partial charge in [-0.25, -0.2) is 5.48 Å². The fourth-order valence-corrected chi connectivity index (χ4v) is 1.11. The Balaban J connectivity index is 2.44. The van der Waals surface area contributed by atoms with Crippen molar-refractivity contribution in [3.63, 3.8) is 0 Å². The molecule has 1 amide bonds. The minimum absolute atomic E-state index is 0.263. The van der Waals surface area contributed by atoms with E-state index in [1.807, 2.05) is 18.2 Å². The molecule has 4 nitrogen and oxygen atoms in total. The average Bonchev–Trinajstić information content (AvgIpc) is 2.17. The van der Waals surface area contributed by atoms with E-state index in [-0.39, 0.29) is 5.70 Å². The van der Waals surface area contributed by atoms with Crippen LogP contribution in [0.3, 0.4) is 0 Å². The maximum Gasteiger partial charge on any atom is 0.268 e. The third kappa shape index (κ3) is 1.33. The van der Waals surface area contributed by atoms with Crippen LogP contribution in [0.25, 0.3) is 6.08 Å². The summed E-state index contributed by atoms with van der Waals surface area (Å²) >= 11 is 0. The number of primary amides is 1.